The van der Waals surface area contributed by atoms with Crippen molar-refractivity contribution in [3.8, 4) is 17.2 Å². The van der Waals surface area contributed by atoms with Crippen LogP contribution in [0.2, 0.25) is 0 Å². The Kier molecular flexibility index (Phi) is 5.06. The minimum absolute atomic E-state index is 0.0188. The van der Waals surface area contributed by atoms with Crippen LogP contribution in [0.3, 0.4) is 0 Å². The van der Waals surface area contributed by atoms with Crippen molar-refractivity contribution < 1.29 is 19.1 Å². The van der Waals surface area contributed by atoms with Gasteiger partial charge >= 0.3 is 5.97 Å². The number of benzene rings is 3. The Hall–Kier alpha value is -4.12. The van der Waals surface area contributed by atoms with Gasteiger partial charge in [0.15, 0.2) is 5.76 Å². The zero-order valence-electron chi connectivity index (χ0n) is 19.7. The van der Waals surface area contributed by atoms with Crippen LogP contribution in [0.25, 0.3) is 33.3 Å². The van der Waals surface area contributed by atoms with Crippen LogP contribution in [-0.2, 0) is 12.8 Å². The third-order valence-corrected chi connectivity index (χ3v) is 7.03. The van der Waals surface area contributed by atoms with E-state index >= 15 is 0 Å². The predicted octanol–water partition coefficient (Wildman–Crippen LogP) is 6.90. The van der Waals surface area contributed by atoms with E-state index in [2.05, 4.69) is 24.3 Å². The van der Waals surface area contributed by atoms with E-state index < -0.39 is 5.97 Å². The minimum atomic E-state index is -1.02. The third kappa shape index (κ3) is 3.64. The first-order valence-corrected chi connectivity index (χ1v) is 11.9. The summed E-state index contributed by atoms with van der Waals surface area (Å²) in [5.41, 5.74) is 6.53. The van der Waals surface area contributed by atoms with Gasteiger partial charge in [0.05, 0.1) is 16.5 Å². The molecule has 1 unspecified atom stereocenters. The second-order valence-electron chi connectivity index (χ2n) is 9.27. The summed E-state index contributed by atoms with van der Waals surface area (Å²) in [6, 6.07) is 21.6. The number of para-hydroxylation sites is 1. The van der Waals surface area contributed by atoms with Crippen molar-refractivity contribution in [2.24, 2.45) is 0 Å². The molecule has 35 heavy (non-hydrogen) atoms. The summed E-state index contributed by atoms with van der Waals surface area (Å²) in [6.45, 7) is 3.91. The average Bonchev–Trinajstić information content (AvgIpc) is 3.21. The number of carboxylic acid groups (broad SMARTS) is 1. The lowest BCUT2D eigenvalue weighted by molar-refractivity contribution is 0.0698. The molecule has 1 aliphatic carbocycles. The zero-order valence-corrected chi connectivity index (χ0v) is 19.7. The maximum absolute atomic E-state index is 12.5. The molecule has 0 saturated carbocycles. The van der Waals surface area contributed by atoms with E-state index in [9.17, 15) is 9.90 Å². The van der Waals surface area contributed by atoms with Crippen LogP contribution >= 0.6 is 0 Å². The van der Waals surface area contributed by atoms with Crippen molar-refractivity contribution in [3.63, 3.8) is 0 Å². The highest BCUT2D eigenvalue weighted by Crippen LogP contribution is 2.38. The van der Waals surface area contributed by atoms with Crippen molar-refractivity contribution >= 4 is 27.8 Å². The predicted molar refractivity (Wildman–Crippen MR) is 136 cm³/mol. The number of carbonyl (C=O) groups is 1. The number of nitrogens with zero attached hydrogens (tertiary/aromatic N) is 1. The van der Waals surface area contributed by atoms with E-state index in [1.165, 1.54) is 11.1 Å². The van der Waals surface area contributed by atoms with Crippen LogP contribution in [0.15, 0.2) is 71.1 Å². The molecule has 1 aliphatic rings. The number of carboxylic acids is 1. The highest BCUT2D eigenvalue weighted by atomic mass is 16.5. The summed E-state index contributed by atoms with van der Waals surface area (Å²) in [6.07, 6.45) is 2.62. The van der Waals surface area contributed by atoms with E-state index in [1.54, 1.807) is 6.07 Å². The van der Waals surface area contributed by atoms with Gasteiger partial charge in [0.2, 0.25) is 0 Å². The Bertz CT molecular complexity index is 1610. The molecule has 2 aromatic heterocycles. The van der Waals surface area contributed by atoms with Gasteiger partial charge in [-0.15, -0.1) is 0 Å². The van der Waals surface area contributed by atoms with Gasteiger partial charge in [0.1, 0.15) is 23.1 Å². The third-order valence-electron chi connectivity index (χ3n) is 7.03. The molecule has 5 aromatic rings. The second kappa shape index (κ2) is 8.27. The fourth-order valence-electron chi connectivity index (χ4n) is 5.19. The summed E-state index contributed by atoms with van der Waals surface area (Å²) in [7, 11) is 0. The quantitative estimate of drug-likeness (QED) is 0.314. The molecule has 0 bridgehead atoms. The molecule has 1 N–H and O–H groups in total. The molecular formula is C30H25NO4. The van der Waals surface area contributed by atoms with Crippen LogP contribution in [0.5, 0.6) is 5.75 Å². The molecule has 6 rings (SSSR count). The molecule has 5 heteroatoms. The van der Waals surface area contributed by atoms with E-state index in [1.807, 2.05) is 50.2 Å². The number of fused-ring (bicyclic) bond motifs is 3. The number of aromatic nitrogens is 1. The molecule has 0 saturated heterocycles. The van der Waals surface area contributed by atoms with E-state index in [4.69, 9.17) is 14.1 Å². The van der Waals surface area contributed by atoms with Gasteiger partial charge < -0.3 is 14.3 Å². The van der Waals surface area contributed by atoms with Gasteiger partial charge in [-0.25, -0.2) is 9.78 Å². The van der Waals surface area contributed by atoms with Crippen molar-refractivity contribution in [3.05, 3.63) is 94.5 Å². The Morgan fingerprint density at radius 1 is 1.03 bits per heavy atom. The first kappa shape index (κ1) is 21.4. The smallest absolute Gasteiger partial charge is 0.336 e. The lowest BCUT2D eigenvalue weighted by Gasteiger charge is -2.26. The van der Waals surface area contributed by atoms with Crippen molar-refractivity contribution in [1.29, 1.82) is 0 Å². The Morgan fingerprint density at radius 2 is 1.80 bits per heavy atom. The van der Waals surface area contributed by atoms with Crippen LogP contribution in [0.4, 0.5) is 0 Å². The van der Waals surface area contributed by atoms with Crippen LogP contribution in [0.1, 0.15) is 39.0 Å². The highest BCUT2D eigenvalue weighted by molar-refractivity contribution is 6.07. The van der Waals surface area contributed by atoms with Gasteiger partial charge in [0.25, 0.3) is 0 Å². The molecular weight excluding hydrogens is 438 g/mol. The number of rotatable bonds is 4. The maximum atomic E-state index is 12.5. The Labute approximate surface area is 203 Å². The van der Waals surface area contributed by atoms with Gasteiger partial charge in [-0.2, -0.15) is 0 Å². The highest BCUT2D eigenvalue weighted by Gasteiger charge is 2.24. The standard InChI is InChI=1S/C30H25NO4/c1-17-11-14-26(34-21-13-12-19-7-3-4-8-20(19)15-21)27-23(30(32)33)16-24(31-28(17)27)29-18(2)22-9-5-6-10-25(22)35-29/h3-11,14,16,21H,12-13,15H2,1-2H3,(H,32,33). The fraction of sp³-hybridized carbons (Fsp3) is 0.200. The number of ether oxygens (including phenoxy) is 1. The first-order valence-electron chi connectivity index (χ1n) is 11.9. The number of pyridine rings is 1. The normalized spacial score (nSPS) is 15.3. The Morgan fingerprint density at radius 3 is 2.60 bits per heavy atom. The number of aromatic carboxylic acids is 1. The van der Waals surface area contributed by atoms with Gasteiger partial charge in [-0.3, -0.25) is 0 Å². The lowest BCUT2D eigenvalue weighted by Crippen LogP contribution is -2.25. The molecule has 3 aromatic carbocycles. The number of aryl methyl sites for hydroxylation is 3. The maximum Gasteiger partial charge on any atom is 0.336 e. The van der Waals surface area contributed by atoms with E-state index in [0.717, 1.165) is 41.4 Å². The largest absolute Gasteiger partial charge is 0.489 e. The summed E-state index contributed by atoms with van der Waals surface area (Å²) in [5, 5.41) is 11.7. The summed E-state index contributed by atoms with van der Waals surface area (Å²) in [4.78, 5) is 17.4. The summed E-state index contributed by atoms with van der Waals surface area (Å²) < 4.78 is 12.6. The fourth-order valence-corrected chi connectivity index (χ4v) is 5.19. The number of furan rings is 1. The monoisotopic (exact) mass is 463 g/mol. The Balaban J connectivity index is 1.47. The van der Waals surface area contributed by atoms with Gasteiger partial charge in [-0.1, -0.05) is 48.5 Å². The van der Waals surface area contributed by atoms with Gasteiger partial charge in [0, 0.05) is 17.4 Å². The zero-order chi connectivity index (χ0) is 24.1. The molecule has 5 nitrogen and oxygen atoms in total. The average molecular weight is 464 g/mol. The SMILES string of the molecule is Cc1c(-c2cc(C(=O)O)c3c(OC4CCc5ccccc5C4)ccc(C)c3n2)oc2ccccc12. The molecule has 0 amide bonds. The second-order valence-corrected chi connectivity index (χ2v) is 9.27. The van der Waals surface area contributed by atoms with Crippen molar-refractivity contribution in [2.45, 2.75) is 39.2 Å². The van der Waals surface area contributed by atoms with Gasteiger partial charge in [-0.05, 0) is 61.6 Å². The van der Waals surface area contributed by atoms with Crippen LogP contribution < -0.4 is 4.74 Å². The van der Waals surface area contributed by atoms with Crippen molar-refractivity contribution in [1.82, 2.24) is 4.98 Å². The molecule has 174 valence electrons. The lowest BCUT2D eigenvalue weighted by atomic mass is 9.90. The van der Waals surface area contributed by atoms with E-state index in [0.29, 0.717) is 28.1 Å². The molecule has 0 spiro atoms. The molecule has 0 radical (unpaired) electrons. The van der Waals surface area contributed by atoms with Crippen LogP contribution in [-0.4, -0.2) is 22.2 Å². The molecule has 0 aliphatic heterocycles. The number of hydrogen-bond acceptors (Lipinski definition) is 4. The number of hydrogen-bond donors (Lipinski definition) is 1. The molecule has 2 heterocycles. The first-order chi connectivity index (χ1) is 17.0. The van der Waals surface area contributed by atoms with Crippen molar-refractivity contribution in [2.75, 3.05) is 0 Å². The minimum Gasteiger partial charge on any atom is -0.489 e. The summed E-state index contributed by atoms with van der Waals surface area (Å²) in [5.74, 6) is 0.134. The van der Waals surface area contributed by atoms with Crippen LogP contribution in [0, 0.1) is 13.8 Å². The molecule has 0 fully saturated rings. The summed E-state index contributed by atoms with van der Waals surface area (Å²) >= 11 is 0. The van der Waals surface area contributed by atoms with E-state index in [-0.39, 0.29) is 11.7 Å². The topological polar surface area (TPSA) is 72.6 Å². The molecule has 1 atom stereocenters.